The first-order valence-electron chi connectivity index (χ1n) is 9.54. The van der Waals surface area contributed by atoms with Crippen molar-refractivity contribution < 1.29 is 13.9 Å². The van der Waals surface area contributed by atoms with Gasteiger partial charge >= 0.3 is 5.97 Å². The first-order chi connectivity index (χ1) is 13.6. The summed E-state index contributed by atoms with van der Waals surface area (Å²) in [5.41, 5.74) is 2.67. The van der Waals surface area contributed by atoms with Gasteiger partial charge in [0.1, 0.15) is 17.9 Å². The highest BCUT2D eigenvalue weighted by Crippen LogP contribution is 2.39. The van der Waals surface area contributed by atoms with Crippen molar-refractivity contribution in [1.82, 2.24) is 14.2 Å². The number of benzene rings is 1. The van der Waals surface area contributed by atoms with Crippen LogP contribution < -0.4 is 5.56 Å². The second kappa shape index (κ2) is 7.58. The molecule has 0 amide bonds. The number of halogens is 1. The lowest BCUT2D eigenvalue weighted by molar-refractivity contribution is 0.0522. The molecule has 1 fully saturated rings. The van der Waals surface area contributed by atoms with E-state index in [1.807, 2.05) is 28.8 Å². The molecular weight excluding hydrogens is 361 g/mol. The Balaban J connectivity index is 1.73. The Morgan fingerprint density at radius 1 is 1.29 bits per heavy atom. The van der Waals surface area contributed by atoms with Crippen LogP contribution in [0.4, 0.5) is 4.39 Å². The van der Waals surface area contributed by atoms with Crippen molar-refractivity contribution in [2.75, 3.05) is 6.61 Å². The second-order valence-electron chi connectivity index (χ2n) is 7.08. The molecule has 2 heterocycles. The van der Waals surface area contributed by atoms with Crippen molar-refractivity contribution >= 4 is 11.6 Å². The summed E-state index contributed by atoms with van der Waals surface area (Å²) < 4.78 is 21.1. The molecule has 146 valence electrons. The summed E-state index contributed by atoms with van der Waals surface area (Å²) in [6.45, 7) is 1.92. The van der Waals surface area contributed by atoms with E-state index in [0.29, 0.717) is 30.1 Å². The largest absolute Gasteiger partial charge is 0.462 e. The van der Waals surface area contributed by atoms with Gasteiger partial charge in [-0.2, -0.15) is 9.61 Å². The molecule has 0 spiro atoms. The van der Waals surface area contributed by atoms with Gasteiger partial charge in [-0.15, -0.1) is 0 Å². The second-order valence-corrected chi connectivity index (χ2v) is 7.08. The maximum absolute atomic E-state index is 12.9. The van der Waals surface area contributed by atoms with E-state index in [2.05, 4.69) is 5.10 Å². The molecule has 0 aliphatic heterocycles. The van der Waals surface area contributed by atoms with E-state index in [4.69, 9.17) is 4.74 Å². The maximum Gasteiger partial charge on any atom is 0.345 e. The number of rotatable bonds is 7. The summed E-state index contributed by atoms with van der Waals surface area (Å²) in [6.07, 6.45) is 4.32. The van der Waals surface area contributed by atoms with Gasteiger partial charge in [-0.25, -0.2) is 9.18 Å². The SMILES string of the molecule is CCOC(=O)c1cn(CCc2cccc(CF)c2)c2cc(C3CC3)nn2c1=O. The summed E-state index contributed by atoms with van der Waals surface area (Å²) in [4.78, 5) is 25.0. The van der Waals surface area contributed by atoms with E-state index in [0.717, 1.165) is 24.1 Å². The first kappa shape index (κ1) is 18.4. The maximum atomic E-state index is 12.9. The van der Waals surface area contributed by atoms with Gasteiger partial charge < -0.3 is 9.30 Å². The van der Waals surface area contributed by atoms with Gasteiger partial charge in [0.2, 0.25) is 0 Å². The van der Waals surface area contributed by atoms with Gasteiger partial charge in [-0.3, -0.25) is 4.79 Å². The number of fused-ring (bicyclic) bond motifs is 1. The van der Waals surface area contributed by atoms with E-state index in [9.17, 15) is 14.0 Å². The number of aromatic nitrogens is 3. The number of alkyl halides is 1. The van der Waals surface area contributed by atoms with Crippen molar-refractivity contribution in [3.63, 3.8) is 0 Å². The Kier molecular flexibility index (Phi) is 4.98. The van der Waals surface area contributed by atoms with E-state index >= 15 is 0 Å². The van der Waals surface area contributed by atoms with Crippen LogP contribution in [-0.2, 0) is 24.4 Å². The third-order valence-electron chi connectivity index (χ3n) is 4.99. The Labute approximate surface area is 161 Å². The Morgan fingerprint density at radius 3 is 2.79 bits per heavy atom. The van der Waals surface area contributed by atoms with Crippen LogP contribution in [0.25, 0.3) is 5.65 Å². The molecule has 1 aliphatic carbocycles. The lowest BCUT2D eigenvalue weighted by Crippen LogP contribution is -2.27. The van der Waals surface area contributed by atoms with Gasteiger partial charge in [0.25, 0.3) is 5.56 Å². The van der Waals surface area contributed by atoms with Gasteiger partial charge in [0.15, 0.2) is 0 Å². The molecule has 28 heavy (non-hydrogen) atoms. The van der Waals surface area contributed by atoms with E-state index < -0.39 is 18.2 Å². The molecule has 1 saturated carbocycles. The standard InChI is InChI=1S/C21H22FN3O3/c1-2-28-21(27)17-13-24(9-8-14-4-3-5-15(10-14)12-22)19-11-18(16-6-7-16)23-25(19)20(17)26/h3-5,10-11,13,16H,2,6-9,12H2,1H3. The van der Waals surface area contributed by atoms with Crippen LogP contribution in [0.5, 0.6) is 0 Å². The van der Waals surface area contributed by atoms with Gasteiger partial charge in [0.05, 0.1) is 12.3 Å². The molecule has 0 radical (unpaired) electrons. The number of hydrogen-bond donors (Lipinski definition) is 0. The fourth-order valence-corrected chi connectivity index (χ4v) is 3.36. The first-order valence-corrected chi connectivity index (χ1v) is 9.54. The van der Waals surface area contributed by atoms with E-state index in [1.165, 1.54) is 4.52 Å². The van der Waals surface area contributed by atoms with Crippen LogP contribution in [0.1, 0.15) is 52.9 Å². The zero-order valence-electron chi connectivity index (χ0n) is 15.7. The Bertz CT molecular complexity index is 1080. The molecule has 2 aromatic heterocycles. The van der Waals surface area contributed by atoms with E-state index in [-0.39, 0.29) is 12.2 Å². The number of carbonyl (C=O) groups excluding carboxylic acids is 1. The minimum atomic E-state index is -0.647. The fourth-order valence-electron chi connectivity index (χ4n) is 3.36. The van der Waals surface area contributed by atoms with Crippen LogP contribution in [0.15, 0.2) is 41.3 Å². The number of hydrogen-bond acceptors (Lipinski definition) is 4. The number of esters is 1. The molecule has 0 atom stereocenters. The molecule has 1 aliphatic rings. The van der Waals surface area contributed by atoms with Gasteiger partial charge in [-0.1, -0.05) is 24.3 Å². The molecule has 6 nitrogen and oxygen atoms in total. The molecule has 0 unspecified atom stereocenters. The third kappa shape index (κ3) is 3.56. The van der Waals surface area contributed by atoms with Gasteiger partial charge in [0, 0.05) is 24.7 Å². The monoisotopic (exact) mass is 383 g/mol. The highest BCUT2D eigenvalue weighted by atomic mass is 19.1. The van der Waals surface area contributed by atoms with Crippen LogP contribution in [-0.4, -0.2) is 26.8 Å². The Hall–Kier alpha value is -2.96. The average molecular weight is 383 g/mol. The smallest absolute Gasteiger partial charge is 0.345 e. The van der Waals surface area contributed by atoms with Crippen LogP contribution in [0, 0.1) is 0 Å². The minimum absolute atomic E-state index is 0.0303. The van der Waals surface area contributed by atoms with Crippen LogP contribution >= 0.6 is 0 Å². The number of aryl methyl sites for hydroxylation is 2. The van der Waals surface area contributed by atoms with Crippen molar-refractivity contribution in [1.29, 1.82) is 0 Å². The topological polar surface area (TPSA) is 65.6 Å². The van der Waals surface area contributed by atoms with Crippen molar-refractivity contribution in [2.24, 2.45) is 0 Å². The predicted molar refractivity (Wildman–Crippen MR) is 102 cm³/mol. The zero-order valence-corrected chi connectivity index (χ0v) is 15.7. The zero-order chi connectivity index (χ0) is 19.7. The molecule has 0 N–H and O–H groups in total. The van der Waals surface area contributed by atoms with Crippen molar-refractivity contribution in [3.05, 3.63) is 69.3 Å². The molecule has 3 aromatic rings. The van der Waals surface area contributed by atoms with Crippen molar-refractivity contribution in [2.45, 2.75) is 45.3 Å². The molecule has 1 aromatic carbocycles. The summed E-state index contributed by atoms with van der Waals surface area (Å²) in [5, 5.41) is 4.45. The Morgan fingerprint density at radius 2 is 2.07 bits per heavy atom. The lowest BCUT2D eigenvalue weighted by Gasteiger charge is -2.11. The highest BCUT2D eigenvalue weighted by molar-refractivity contribution is 5.88. The molecule has 4 rings (SSSR count). The summed E-state index contributed by atoms with van der Waals surface area (Å²) in [5.74, 6) is -0.258. The van der Waals surface area contributed by atoms with Gasteiger partial charge in [-0.05, 0) is 37.3 Å². The van der Waals surface area contributed by atoms with E-state index in [1.54, 1.807) is 19.2 Å². The molecular formula is C21H22FN3O3. The lowest BCUT2D eigenvalue weighted by atomic mass is 10.1. The number of nitrogens with zero attached hydrogens (tertiary/aromatic N) is 3. The summed E-state index contributed by atoms with van der Waals surface area (Å²) in [6, 6.07) is 9.28. The highest BCUT2D eigenvalue weighted by Gasteiger charge is 2.28. The molecule has 0 saturated heterocycles. The minimum Gasteiger partial charge on any atom is -0.462 e. The number of carbonyl (C=O) groups is 1. The molecule has 7 heteroatoms. The normalized spacial score (nSPS) is 13.8. The molecule has 0 bridgehead atoms. The number of ether oxygens (including phenoxy) is 1. The summed E-state index contributed by atoms with van der Waals surface area (Å²) >= 11 is 0. The summed E-state index contributed by atoms with van der Waals surface area (Å²) in [7, 11) is 0. The third-order valence-corrected chi connectivity index (χ3v) is 4.99. The average Bonchev–Trinajstić information content (AvgIpc) is 3.46. The van der Waals surface area contributed by atoms with Crippen molar-refractivity contribution in [3.8, 4) is 0 Å². The fraction of sp³-hybridized carbons (Fsp3) is 0.381. The quantitative estimate of drug-likeness (QED) is 0.588. The van der Waals surface area contributed by atoms with Crippen LogP contribution in [0.2, 0.25) is 0 Å². The predicted octanol–water partition coefficient (Wildman–Crippen LogP) is 3.26. The van der Waals surface area contributed by atoms with Crippen LogP contribution in [0.3, 0.4) is 0 Å².